The summed E-state index contributed by atoms with van der Waals surface area (Å²) in [4.78, 5) is 0. The number of benzene rings is 4. The van der Waals surface area contributed by atoms with Gasteiger partial charge in [0, 0.05) is 17.0 Å². The maximum absolute atomic E-state index is 5.94. The Hall–Kier alpha value is -3.07. The second kappa shape index (κ2) is 12.4. The number of nitrogens with one attached hydrogen (secondary N) is 1. The van der Waals surface area contributed by atoms with E-state index in [4.69, 9.17) is 16.3 Å². The van der Waals surface area contributed by atoms with Crippen LogP contribution in [0.15, 0.2) is 109 Å². The van der Waals surface area contributed by atoms with Crippen molar-refractivity contribution in [1.82, 2.24) is 5.32 Å². The molecular weight excluding hydrogens is 438 g/mol. The number of halogens is 1. The van der Waals surface area contributed by atoms with Crippen LogP contribution in [-0.4, -0.2) is 12.6 Å². The van der Waals surface area contributed by atoms with Gasteiger partial charge in [0.05, 0.1) is 0 Å². The van der Waals surface area contributed by atoms with Crippen LogP contribution in [0, 0.1) is 0 Å². The molecule has 1 unspecified atom stereocenters. The van der Waals surface area contributed by atoms with Gasteiger partial charge < -0.3 is 10.1 Å². The summed E-state index contributed by atoms with van der Waals surface area (Å²) in [5.74, 6) is 1.28. The Kier molecular flexibility index (Phi) is 8.78. The van der Waals surface area contributed by atoms with E-state index in [1.807, 2.05) is 24.3 Å². The lowest BCUT2D eigenvalue weighted by atomic mass is 9.88. The van der Waals surface area contributed by atoms with E-state index >= 15 is 0 Å². The molecule has 0 heterocycles. The van der Waals surface area contributed by atoms with Gasteiger partial charge in [0.25, 0.3) is 0 Å². The van der Waals surface area contributed by atoms with Gasteiger partial charge in [0.15, 0.2) is 0 Å². The summed E-state index contributed by atoms with van der Waals surface area (Å²) in [7, 11) is 0. The Balaban J connectivity index is 1.26. The summed E-state index contributed by atoms with van der Waals surface area (Å²) < 4.78 is 5.91. The van der Waals surface area contributed by atoms with Crippen molar-refractivity contribution in [1.29, 1.82) is 0 Å². The molecule has 0 saturated carbocycles. The first kappa shape index (κ1) is 24.1. The summed E-state index contributed by atoms with van der Waals surface area (Å²) in [6.07, 6.45) is 2.05. The van der Waals surface area contributed by atoms with E-state index in [9.17, 15) is 0 Å². The van der Waals surface area contributed by atoms with Crippen LogP contribution in [0.4, 0.5) is 0 Å². The van der Waals surface area contributed by atoms with Crippen molar-refractivity contribution in [2.75, 3.05) is 6.54 Å². The maximum atomic E-state index is 5.94. The molecule has 0 aliphatic heterocycles. The van der Waals surface area contributed by atoms with Crippen LogP contribution in [-0.2, 0) is 13.0 Å². The molecular formula is C31H32ClNO. The van der Waals surface area contributed by atoms with Crippen molar-refractivity contribution in [2.24, 2.45) is 0 Å². The molecule has 1 N–H and O–H groups in total. The van der Waals surface area contributed by atoms with Gasteiger partial charge in [-0.15, -0.1) is 0 Å². The normalized spacial score (nSPS) is 12.0. The SMILES string of the molecule is CC(Cc1ccc(OCc2ccc(Cl)cc2)cc1)NCCC(c1ccccc1)c1ccccc1. The zero-order valence-electron chi connectivity index (χ0n) is 19.7. The molecule has 34 heavy (non-hydrogen) atoms. The highest BCUT2D eigenvalue weighted by Gasteiger charge is 2.14. The predicted octanol–water partition coefficient (Wildman–Crippen LogP) is 7.66. The molecule has 0 fully saturated rings. The summed E-state index contributed by atoms with van der Waals surface area (Å²) in [6, 6.07) is 38.2. The highest BCUT2D eigenvalue weighted by atomic mass is 35.5. The summed E-state index contributed by atoms with van der Waals surface area (Å²) in [5.41, 5.74) is 5.16. The Bertz CT molecular complexity index is 1070. The van der Waals surface area contributed by atoms with Crippen LogP contribution in [0.2, 0.25) is 5.02 Å². The Morgan fingerprint density at radius 2 is 1.26 bits per heavy atom. The molecule has 0 spiro atoms. The zero-order valence-corrected chi connectivity index (χ0v) is 20.4. The predicted molar refractivity (Wildman–Crippen MR) is 143 cm³/mol. The molecule has 2 nitrogen and oxygen atoms in total. The Morgan fingerprint density at radius 3 is 1.85 bits per heavy atom. The van der Waals surface area contributed by atoms with Crippen molar-refractivity contribution in [2.45, 2.75) is 38.3 Å². The molecule has 0 saturated heterocycles. The van der Waals surface area contributed by atoms with Gasteiger partial charge in [-0.2, -0.15) is 0 Å². The third kappa shape index (κ3) is 7.21. The van der Waals surface area contributed by atoms with E-state index in [2.05, 4.69) is 97.2 Å². The summed E-state index contributed by atoms with van der Waals surface area (Å²) >= 11 is 5.94. The van der Waals surface area contributed by atoms with Crippen LogP contribution in [0.5, 0.6) is 5.75 Å². The molecule has 0 bridgehead atoms. The molecule has 0 amide bonds. The second-order valence-electron chi connectivity index (χ2n) is 8.78. The van der Waals surface area contributed by atoms with Gasteiger partial charge in [-0.3, -0.25) is 0 Å². The first-order chi connectivity index (χ1) is 16.7. The first-order valence-corrected chi connectivity index (χ1v) is 12.3. The third-order valence-corrected chi connectivity index (χ3v) is 6.37. The van der Waals surface area contributed by atoms with Crippen molar-refractivity contribution in [3.05, 3.63) is 136 Å². The number of hydrogen-bond acceptors (Lipinski definition) is 2. The largest absolute Gasteiger partial charge is 0.489 e. The molecule has 4 aromatic carbocycles. The van der Waals surface area contributed by atoms with Gasteiger partial charge in [-0.25, -0.2) is 0 Å². The van der Waals surface area contributed by atoms with Crippen LogP contribution in [0.25, 0.3) is 0 Å². The highest BCUT2D eigenvalue weighted by molar-refractivity contribution is 6.30. The van der Waals surface area contributed by atoms with E-state index < -0.39 is 0 Å². The highest BCUT2D eigenvalue weighted by Crippen LogP contribution is 2.27. The molecule has 4 rings (SSSR count). The van der Waals surface area contributed by atoms with Crippen LogP contribution >= 0.6 is 11.6 Å². The first-order valence-electron chi connectivity index (χ1n) is 12.0. The minimum Gasteiger partial charge on any atom is -0.489 e. The van der Waals surface area contributed by atoms with E-state index in [1.54, 1.807) is 0 Å². The monoisotopic (exact) mass is 469 g/mol. The lowest BCUT2D eigenvalue weighted by Gasteiger charge is -2.20. The smallest absolute Gasteiger partial charge is 0.119 e. The molecule has 0 radical (unpaired) electrons. The Morgan fingerprint density at radius 1 is 0.706 bits per heavy atom. The maximum Gasteiger partial charge on any atom is 0.119 e. The van der Waals surface area contributed by atoms with Crippen LogP contribution in [0.3, 0.4) is 0 Å². The van der Waals surface area contributed by atoms with Gasteiger partial charge >= 0.3 is 0 Å². The van der Waals surface area contributed by atoms with Crippen molar-refractivity contribution in [3.63, 3.8) is 0 Å². The van der Waals surface area contributed by atoms with Crippen molar-refractivity contribution >= 4 is 11.6 Å². The van der Waals surface area contributed by atoms with E-state index in [0.717, 1.165) is 35.7 Å². The molecule has 174 valence electrons. The van der Waals surface area contributed by atoms with Gasteiger partial charge in [0.1, 0.15) is 12.4 Å². The van der Waals surface area contributed by atoms with E-state index in [1.165, 1.54) is 16.7 Å². The van der Waals surface area contributed by atoms with E-state index in [0.29, 0.717) is 18.6 Å². The fraction of sp³-hybridized carbons (Fsp3) is 0.226. The fourth-order valence-corrected chi connectivity index (χ4v) is 4.39. The van der Waals surface area contributed by atoms with Crippen molar-refractivity contribution in [3.8, 4) is 5.75 Å². The zero-order chi connectivity index (χ0) is 23.6. The van der Waals surface area contributed by atoms with Gasteiger partial charge in [-0.1, -0.05) is 96.5 Å². The van der Waals surface area contributed by atoms with Crippen molar-refractivity contribution < 1.29 is 4.74 Å². The summed E-state index contributed by atoms with van der Waals surface area (Å²) in [6.45, 7) is 3.77. The van der Waals surface area contributed by atoms with Gasteiger partial charge in [-0.05, 0) is 72.8 Å². The van der Waals surface area contributed by atoms with Crippen LogP contribution in [0.1, 0.15) is 41.5 Å². The standard InChI is InChI=1S/C31H32ClNO/c1-24(22-25-14-18-30(19-15-25)34-23-26-12-16-29(32)17-13-26)33-21-20-31(27-8-4-2-5-9-27)28-10-6-3-7-11-28/h2-19,24,31,33H,20-23H2,1H3. The number of ether oxygens (including phenoxy) is 1. The molecule has 4 aromatic rings. The quantitative estimate of drug-likeness (QED) is 0.243. The minimum atomic E-state index is 0.396. The summed E-state index contributed by atoms with van der Waals surface area (Å²) in [5, 5.41) is 4.47. The molecule has 0 aromatic heterocycles. The molecule has 0 aliphatic rings. The number of rotatable bonds is 11. The minimum absolute atomic E-state index is 0.396. The molecule has 0 aliphatic carbocycles. The fourth-order valence-electron chi connectivity index (χ4n) is 4.27. The molecule has 1 atom stereocenters. The lowest BCUT2D eigenvalue weighted by Crippen LogP contribution is -2.30. The van der Waals surface area contributed by atoms with E-state index in [-0.39, 0.29) is 0 Å². The Labute approximate surface area is 208 Å². The average Bonchev–Trinajstić information content (AvgIpc) is 2.88. The second-order valence-corrected chi connectivity index (χ2v) is 9.22. The average molecular weight is 470 g/mol. The third-order valence-electron chi connectivity index (χ3n) is 6.11. The van der Waals surface area contributed by atoms with Crippen LogP contribution < -0.4 is 10.1 Å². The van der Waals surface area contributed by atoms with Gasteiger partial charge in [0.2, 0.25) is 0 Å². The topological polar surface area (TPSA) is 21.3 Å². The molecule has 3 heteroatoms. The number of hydrogen-bond donors (Lipinski definition) is 1. The lowest BCUT2D eigenvalue weighted by molar-refractivity contribution is 0.306.